The first-order chi connectivity index (χ1) is 22.1. The van der Waals surface area contributed by atoms with Crippen LogP contribution in [0, 0.1) is 27.7 Å². The van der Waals surface area contributed by atoms with Crippen molar-refractivity contribution in [2.45, 2.75) is 47.5 Å². The molecule has 0 radical (unpaired) electrons. The molecule has 2 nitrogen and oxygen atoms in total. The fraction of sp³-hybridized carbons (Fsp3) is 0.163. The molecule has 0 saturated heterocycles. The van der Waals surface area contributed by atoms with Gasteiger partial charge in [-0.3, -0.25) is 0 Å². The maximum atomic E-state index is 6.03. The van der Waals surface area contributed by atoms with Gasteiger partial charge in [-0.25, -0.2) is 9.97 Å². The van der Waals surface area contributed by atoms with Gasteiger partial charge in [0.2, 0.25) is 0 Å². The van der Waals surface area contributed by atoms with Gasteiger partial charge in [0.1, 0.15) is 0 Å². The Labute approximate surface area is 277 Å². The second-order valence-corrected chi connectivity index (χ2v) is 13.1. The summed E-state index contributed by atoms with van der Waals surface area (Å²) in [5.41, 5.74) is 15.2. The van der Waals surface area contributed by atoms with Crippen molar-refractivity contribution in [1.82, 2.24) is 9.97 Å². The number of nitrogens with zero attached hydrogens (tertiary/aromatic N) is 2. The van der Waals surface area contributed by atoms with Crippen molar-refractivity contribution in [3.63, 3.8) is 0 Å². The normalized spacial score (nSPS) is 11.1. The lowest BCUT2D eigenvalue weighted by Crippen LogP contribution is -1.89. The number of aromatic nitrogens is 2. The van der Waals surface area contributed by atoms with E-state index in [0.29, 0.717) is 5.92 Å². The molecule has 5 aromatic carbocycles. The zero-order chi connectivity index (χ0) is 32.4. The Kier molecular flexibility index (Phi) is 9.01. The Hall–Kier alpha value is -4.79. The number of halogens is 1. The number of pyridine rings is 2. The van der Waals surface area contributed by atoms with Crippen LogP contribution in [0.5, 0.6) is 0 Å². The smallest absolute Gasteiger partial charge is 0.0724 e. The van der Waals surface area contributed by atoms with Crippen molar-refractivity contribution in [1.29, 1.82) is 0 Å². The topological polar surface area (TPSA) is 25.8 Å². The van der Waals surface area contributed by atoms with E-state index in [4.69, 9.17) is 21.6 Å². The van der Waals surface area contributed by atoms with Gasteiger partial charge in [0.15, 0.2) is 0 Å². The van der Waals surface area contributed by atoms with Crippen molar-refractivity contribution in [3.8, 4) is 33.6 Å². The van der Waals surface area contributed by atoms with Gasteiger partial charge in [-0.05, 0) is 105 Å². The largest absolute Gasteiger partial charge is 0.248 e. The van der Waals surface area contributed by atoms with E-state index >= 15 is 0 Å². The SMILES string of the molecule is Cc1cc(C)cc(-c2ccc3ccc(-c4ccc(C(C)C)cc4)cc3n2)c1.Cc1cc(C)cc(-c2ccc3ccc(Cl)cc3n2)c1. The number of aryl methyl sites for hydroxylation is 4. The fourth-order valence-corrected chi connectivity index (χ4v) is 6.18. The molecule has 0 saturated carbocycles. The minimum atomic E-state index is 0.553. The molecule has 2 heterocycles. The highest BCUT2D eigenvalue weighted by atomic mass is 35.5. The summed E-state index contributed by atoms with van der Waals surface area (Å²) in [6.45, 7) is 12.9. The second kappa shape index (κ2) is 13.3. The molecule has 0 atom stereocenters. The zero-order valence-corrected chi connectivity index (χ0v) is 28.2. The lowest BCUT2D eigenvalue weighted by Gasteiger charge is -2.09. The van der Waals surface area contributed by atoms with Gasteiger partial charge in [0.05, 0.1) is 22.4 Å². The van der Waals surface area contributed by atoms with Crippen molar-refractivity contribution >= 4 is 33.4 Å². The van der Waals surface area contributed by atoms with Gasteiger partial charge >= 0.3 is 0 Å². The summed E-state index contributed by atoms with van der Waals surface area (Å²) in [5, 5.41) is 3.00. The Morgan fingerprint density at radius 2 is 0.870 bits per heavy atom. The summed E-state index contributed by atoms with van der Waals surface area (Å²) in [6.07, 6.45) is 0. The number of rotatable bonds is 4. The molecule has 0 unspecified atom stereocenters. The summed E-state index contributed by atoms with van der Waals surface area (Å²) < 4.78 is 0. The maximum absolute atomic E-state index is 6.03. The standard InChI is InChI=1S/C26H25N.C17H14ClN/c1-17(2)20-5-7-21(8-6-20)23-10-9-22-11-12-25(27-26(22)16-23)24-14-18(3)13-19(4)15-24;1-11-7-12(2)9-14(8-11)16-6-4-13-3-5-15(18)10-17(13)19-16/h5-17H,1-4H3;3-10H,1-2H3. The van der Waals surface area contributed by atoms with E-state index in [1.807, 2.05) is 18.2 Å². The molecule has 0 bridgehead atoms. The number of hydrogen-bond acceptors (Lipinski definition) is 2. The number of benzene rings is 5. The molecule has 0 aliphatic rings. The first-order valence-corrected chi connectivity index (χ1v) is 16.2. The third kappa shape index (κ3) is 7.19. The van der Waals surface area contributed by atoms with Gasteiger partial charge in [-0.15, -0.1) is 0 Å². The first kappa shape index (κ1) is 31.2. The first-order valence-electron chi connectivity index (χ1n) is 15.9. The third-order valence-corrected chi connectivity index (χ3v) is 8.53. The molecule has 2 aromatic heterocycles. The molecule has 0 fully saturated rings. The van der Waals surface area contributed by atoms with Crippen LogP contribution in [-0.4, -0.2) is 9.97 Å². The minimum Gasteiger partial charge on any atom is -0.248 e. The van der Waals surface area contributed by atoms with Crippen LogP contribution >= 0.6 is 11.6 Å². The fourth-order valence-electron chi connectivity index (χ4n) is 6.01. The van der Waals surface area contributed by atoms with Gasteiger partial charge in [-0.2, -0.15) is 0 Å². The zero-order valence-electron chi connectivity index (χ0n) is 27.4. The van der Waals surface area contributed by atoms with E-state index in [2.05, 4.69) is 145 Å². The molecule has 7 aromatic rings. The molecule has 7 rings (SSSR count). The molecule has 3 heteroatoms. The van der Waals surface area contributed by atoms with Crippen LogP contribution in [0.2, 0.25) is 5.02 Å². The molecule has 46 heavy (non-hydrogen) atoms. The predicted octanol–water partition coefficient (Wildman–Crippen LogP) is 12.5. The lowest BCUT2D eigenvalue weighted by atomic mass is 9.98. The molecule has 0 spiro atoms. The Morgan fingerprint density at radius 3 is 1.37 bits per heavy atom. The van der Waals surface area contributed by atoms with Crippen LogP contribution in [-0.2, 0) is 0 Å². The van der Waals surface area contributed by atoms with Crippen LogP contribution in [0.4, 0.5) is 0 Å². The molecule has 0 aliphatic heterocycles. The molecular weight excluding hydrogens is 580 g/mol. The summed E-state index contributed by atoms with van der Waals surface area (Å²) in [6, 6.07) is 42.7. The average Bonchev–Trinajstić information content (AvgIpc) is 3.03. The van der Waals surface area contributed by atoms with Gasteiger partial charge < -0.3 is 0 Å². The van der Waals surface area contributed by atoms with E-state index in [1.165, 1.54) is 49.9 Å². The van der Waals surface area contributed by atoms with Crippen LogP contribution < -0.4 is 0 Å². The quantitative estimate of drug-likeness (QED) is 0.196. The van der Waals surface area contributed by atoms with E-state index in [-0.39, 0.29) is 0 Å². The molecule has 0 N–H and O–H groups in total. The summed E-state index contributed by atoms with van der Waals surface area (Å²) in [7, 11) is 0. The van der Waals surface area contributed by atoms with Crippen LogP contribution in [0.15, 0.2) is 121 Å². The monoisotopic (exact) mass is 618 g/mol. The lowest BCUT2D eigenvalue weighted by molar-refractivity contribution is 0.867. The predicted molar refractivity (Wildman–Crippen MR) is 198 cm³/mol. The van der Waals surface area contributed by atoms with Crippen molar-refractivity contribution in [3.05, 3.63) is 154 Å². The van der Waals surface area contributed by atoms with Gasteiger partial charge in [0, 0.05) is 26.9 Å². The third-order valence-electron chi connectivity index (χ3n) is 8.29. The maximum Gasteiger partial charge on any atom is 0.0724 e. The van der Waals surface area contributed by atoms with Crippen LogP contribution in [0.25, 0.3) is 55.4 Å². The minimum absolute atomic E-state index is 0.553. The summed E-state index contributed by atoms with van der Waals surface area (Å²) in [5.74, 6) is 0.553. The highest BCUT2D eigenvalue weighted by Crippen LogP contribution is 2.29. The van der Waals surface area contributed by atoms with E-state index in [1.54, 1.807) is 0 Å². The summed E-state index contributed by atoms with van der Waals surface area (Å²) in [4.78, 5) is 9.66. The van der Waals surface area contributed by atoms with Crippen molar-refractivity contribution in [2.24, 2.45) is 0 Å². The Morgan fingerprint density at radius 1 is 0.435 bits per heavy atom. The van der Waals surface area contributed by atoms with Crippen LogP contribution in [0.3, 0.4) is 0 Å². The Bertz CT molecular complexity index is 2140. The highest BCUT2D eigenvalue weighted by molar-refractivity contribution is 6.31. The number of fused-ring (bicyclic) bond motifs is 2. The average molecular weight is 619 g/mol. The van der Waals surface area contributed by atoms with E-state index in [0.717, 1.165) is 38.4 Å². The molecular formula is C43H39ClN2. The van der Waals surface area contributed by atoms with E-state index in [9.17, 15) is 0 Å². The van der Waals surface area contributed by atoms with Gasteiger partial charge in [0.25, 0.3) is 0 Å². The second-order valence-electron chi connectivity index (χ2n) is 12.7. The van der Waals surface area contributed by atoms with Crippen LogP contribution in [0.1, 0.15) is 47.6 Å². The van der Waals surface area contributed by atoms with E-state index < -0.39 is 0 Å². The molecule has 228 valence electrons. The van der Waals surface area contributed by atoms with Crippen molar-refractivity contribution in [2.75, 3.05) is 0 Å². The van der Waals surface area contributed by atoms with Gasteiger partial charge in [-0.1, -0.05) is 114 Å². The Balaban J connectivity index is 0.000000172. The highest BCUT2D eigenvalue weighted by Gasteiger charge is 2.07. The summed E-state index contributed by atoms with van der Waals surface area (Å²) >= 11 is 6.03. The molecule has 0 aliphatic carbocycles. The van der Waals surface area contributed by atoms with Crippen molar-refractivity contribution < 1.29 is 0 Å². The number of hydrogen-bond donors (Lipinski definition) is 0. The molecule has 0 amide bonds.